The summed E-state index contributed by atoms with van der Waals surface area (Å²) < 4.78 is 77.9. The van der Waals surface area contributed by atoms with Crippen molar-refractivity contribution in [3.8, 4) is 0 Å². The summed E-state index contributed by atoms with van der Waals surface area (Å²) >= 11 is 0.815. The lowest BCUT2D eigenvalue weighted by Crippen LogP contribution is -2.18. The van der Waals surface area contributed by atoms with Crippen molar-refractivity contribution in [2.45, 2.75) is 17.5 Å². The number of hydrogen-bond acceptors (Lipinski definition) is 5. The molecule has 2 N–H and O–H groups in total. The molecule has 0 bridgehead atoms. The molecule has 2 aromatic heterocycles. The van der Waals surface area contributed by atoms with Gasteiger partial charge in [-0.1, -0.05) is 23.9 Å². The Hall–Kier alpha value is -3.35. The van der Waals surface area contributed by atoms with Crippen LogP contribution in [0.4, 0.5) is 32.0 Å². The molecule has 32 heavy (non-hydrogen) atoms. The number of H-pyrrole nitrogens is 1. The Morgan fingerprint density at radius 3 is 2.47 bits per heavy atom. The number of amides is 1. The third kappa shape index (κ3) is 4.47. The van der Waals surface area contributed by atoms with Gasteiger partial charge in [-0.25, -0.2) is 4.98 Å². The molecule has 0 aliphatic rings. The van der Waals surface area contributed by atoms with Gasteiger partial charge in [0.15, 0.2) is 5.65 Å². The summed E-state index contributed by atoms with van der Waals surface area (Å²) in [6.45, 7) is 0. The highest BCUT2D eigenvalue weighted by Gasteiger charge is 2.33. The van der Waals surface area contributed by atoms with Crippen LogP contribution in [0.5, 0.6) is 0 Å². The van der Waals surface area contributed by atoms with Gasteiger partial charge in [0.2, 0.25) is 11.1 Å². The number of carbonyl (C=O) groups is 1. The minimum atomic E-state index is -4.63. The number of thioether (sulfide) groups is 1. The zero-order valence-electron chi connectivity index (χ0n) is 15.7. The molecule has 2 heterocycles. The summed E-state index contributed by atoms with van der Waals surface area (Å²) in [5, 5.41) is 10.1. The molecule has 13 heteroatoms. The maximum Gasteiger partial charge on any atom is 0.418 e. The van der Waals surface area contributed by atoms with Gasteiger partial charge in [0.25, 0.3) is 0 Å². The molecule has 2 aromatic carbocycles. The van der Waals surface area contributed by atoms with Gasteiger partial charge in [0, 0.05) is 10.9 Å². The first kappa shape index (κ1) is 21.9. The van der Waals surface area contributed by atoms with E-state index in [9.17, 15) is 31.1 Å². The highest BCUT2D eigenvalue weighted by molar-refractivity contribution is 7.99. The lowest BCUT2D eigenvalue weighted by atomic mass is 10.1. The molecule has 0 radical (unpaired) electrons. The molecule has 1 amide bonds. The Kier molecular flexibility index (Phi) is 5.44. The molecule has 0 spiro atoms. The lowest BCUT2D eigenvalue weighted by molar-refractivity contribution is -0.138. The minimum Gasteiger partial charge on any atom is -0.338 e. The number of benzene rings is 2. The molecule has 4 aromatic rings. The molecular formula is C19H11F6N5OS. The number of halogens is 6. The van der Waals surface area contributed by atoms with Crippen molar-refractivity contribution in [3.05, 3.63) is 53.6 Å². The number of hydrogen-bond donors (Lipinski definition) is 2. The van der Waals surface area contributed by atoms with Gasteiger partial charge in [0.05, 0.1) is 22.6 Å². The number of para-hydroxylation sites is 1. The predicted octanol–water partition coefficient (Wildman–Crippen LogP) is 5.27. The number of nitrogens with zero attached hydrogens (tertiary/aromatic N) is 3. The van der Waals surface area contributed by atoms with Gasteiger partial charge >= 0.3 is 12.4 Å². The minimum absolute atomic E-state index is 0.0272. The first-order valence-electron chi connectivity index (χ1n) is 8.84. The maximum absolute atomic E-state index is 13.0. The van der Waals surface area contributed by atoms with Crippen LogP contribution >= 0.6 is 11.8 Å². The number of aromatic amines is 1. The average Bonchev–Trinajstić information content (AvgIpc) is 3.08. The molecule has 166 valence electrons. The standard InChI is InChI=1S/C19H11F6N5OS/c20-18(21,22)9-5-6-12-10(7-9)15-16(27-12)28-17(30-29-15)32-8-14(31)26-13-4-2-1-3-11(13)19(23,24)25/h1-7H,8H2,(H,26,31)(H,27,28,30). The fourth-order valence-electron chi connectivity index (χ4n) is 2.95. The largest absolute Gasteiger partial charge is 0.418 e. The van der Waals surface area contributed by atoms with Gasteiger partial charge in [-0.15, -0.1) is 10.2 Å². The molecule has 6 nitrogen and oxygen atoms in total. The number of fused-ring (bicyclic) bond motifs is 3. The van der Waals surface area contributed by atoms with E-state index in [-0.39, 0.29) is 33.1 Å². The summed E-state index contributed by atoms with van der Waals surface area (Å²) in [4.78, 5) is 19.1. The quantitative estimate of drug-likeness (QED) is 0.313. The molecule has 0 saturated heterocycles. The van der Waals surface area contributed by atoms with Crippen molar-refractivity contribution >= 4 is 45.4 Å². The molecule has 0 atom stereocenters. The Balaban J connectivity index is 1.51. The topological polar surface area (TPSA) is 83.6 Å². The van der Waals surface area contributed by atoms with Crippen LogP contribution in [0.25, 0.3) is 22.1 Å². The van der Waals surface area contributed by atoms with Gasteiger partial charge < -0.3 is 10.3 Å². The highest BCUT2D eigenvalue weighted by atomic mass is 32.2. The second kappa shape index (κ2) is 7.97. The number of anilines is 1. The third-order valence-corrected chi connectivity index (χ3v) is 5.20. The SMILES string of the molecule is O=C(CSc1nnc2c(n1)[nH]c1ccc(C(F)(F)F)cc12)Nc1ccccc1C(F)(F)F. The fourth-order valence-corrected chi connectivity index (χ4v) is 3.54. The Labute approximate surface area is 179 Å². The van der Waals surface area contributed by atoms with E-state index in [1.807, 2.05) is 0 Å². The van der Waals surface area contributed by atoms with Gasteiger partial charge in [-0.3, -0.25) is 4.79 Å². The van der Waals surface area contributed by atoms with Crippen LogP contribution in [0.15, 0.2) is 47.6 Å². The summed E-state index contributed by atoms with van der Waals surface area (Å²) in [6, 6.07) is 7.66. The number of rotatable bonds is 4. The van der Waals surface area contributed by atoms with Gasteiger partial charge in [0.1, 0.15) is 5.52 Å². The molecule has 0 aliphatic heterocycles. The van der Waals surface area contributed by atoms with E-state index in [0.29, 0.717) is 5.52 Å². The van der Waals surface area contributed by atoms with E-state index in [4.69, 9.17) is 0 Å². The van der Waals surface area contributed by atoms with Crippen molar-refractivity contribution in [2.24, 2.45) is 0 Å². The fraction of sp³-hybridized carbons (Fsp3) is 0.158. The van der Waals surface area contributed by atoms with Gasteiger partial charge in [-0.2, -0.15) is 26.3 Å². The highest BCUT2D eigenvalue weighted by Crippen LogP contribution is 2.35. The Morgan fingerprint density at radius 1 is 1.00 bits per heavy atom. The molecule has 0 aliphatic carbocycles. The van der Waals surface area contributed by atoms with E-state index in [1.54, 1.807) is 0 Å². The Morgan fingerprint density at radius 2 is 1.75 bits per heavy atom. The smallest absolute Gasteiger partial charge is 0.338 e. The third-order valence-electron chi connectivity index (χ3n) is 4.36. The first-order chi connectivity index (χ1) is 15.0. The van der Waals surface area contributed by atoms with E-state index >= 15 is 0 Å². The van der Waals surface area contributed by atoms with Crippen molar-refractivity contribution in [2.75, 3.05) is 11.1 Å². The van der Waals surface area contributed by atoms with E-state index in [1.165, 1.54) is 18.2 Å². The number of nitrogens with one attached hydrogen (secondary N) is 2. The van der Waals surface area contributed by atoms with Crippen LogP contribution in [0.2, 0.25) is 0 Å². The summed E-state index contributed by atoms with van der Waals surface area (Å²) in [5.41, 5.74) is -1.54. The zero-order valence-corrected chi connectivity index (χ0v) is 16.5. The van der Waals surface area contributed by atoms with Crippen molar-refractivity contribution < 1.29 is 31.1 Å². The monoisotopic (exact) mass is 471 g/mol. The van der Waals surface area contributed by atoms with Crippen LogP contribution in [-0.2, 0) is 17.1 Å². The molecular weight excluding hydrogens is 460 g/mol. The number of carbonyl (C=O) groups excluding carboxylic acids is 1. The van der Waals surface area contributed by atoms with Crippen molar-refractivity contribution in [1.29, 1.82) is 0 Å². The molecule has 4 rings (SSSR count). The zero-order chi connectivity index (χ0) is 23.1. The Bertz CT molecular complexity index is 1320. The van der Waals surface area contributed by atoms with E-state index in [2.05, 4.69) is 25.5 Å². The average molecular weight is 471 g/mol. The van der Waals surface area contributed by atoms with E-state index < -0.39 is 29.4 Å². The molecule has 0 unspecified atom stereocenters. The summed E-state index contributed by atoms with van der Waals surface area (Å²) in [5.74, 6) is -1.03. The molecule has 0 fully saturated rings. The van der Waals surface area contributed by atoms with Crippen LogP contribution in [0, 0.1) is 0 Å². The van der Waals surface area contributed by atoms with Crippen LogP contribution in [-0.4, -0.2) is 31.8 Å². The van der Waals surface area contributed by atoms with Crippen molar-refractivity contribution in [1.82, 2.24) is 20.2 Å². The summed E-state index contributed by atoms with van der Waals surface area (Å²) in [6.07, 6.45) is -9.15. The number of alkyl halides is 6. The second-order valence-corrected chi connectivity index (χ2v) is 7.50. The van der Waals surface area contributed by atoms with Crippen LogP contribution in [0.3, 0.4) is 0 Å². The van der Waals surface area contributed by atoms with Crippen molar-refractivity contribution in [3.63, 3.8) is 0 Å². The van der Waals surface area contributed by atoms with Gasteiger partial charge in [-0.05, 0) is 30.3 Å². The summed E-state index contributed by atoms with van der Waals surface area (Å²) in [7, 11) is 0. The van der Waals surface area contributed by atoms with E-state index in [0.717, 1.165) is 36.0 Å². The maximum atomic E-state index is 13.0. The lowest BCUT2D eigenvalue weighted by Gasteiger charge is -2.13. The molecule has 0 saturated carbocycles. The first-order valence-corrected chi connectivity index (χ1v) is 9.83. The normalized spacial score (nSPS) is 12.4. The van der Waals surface area contributed by atoms with Crippen LogP contribution in [0.1, 0.15) is 11.1 Å². The number of aromatic nitrogens is 4. The van der Waals surface area contributed by atoms with Crippen LogP contribution < -0.4 is 5.32 Å². The second-order valence-electron chi connectivity index (χ2n) is 6.55. The predicted molar refractivity (Wildman–Crippen MR) is 105 cm³/mol.